The molecule has 6 nitrogen and oxygen atoms in total. The number of hydrogen-bond donors (Lipinski definition) is 1. The van der Waals surface area contributed by atoms with E-state index in [-0.39, 0.29) is 11.9 Å². The van der Waals surface area contributed by atoms with E-state index in [4.69, 9.17) is 4.74 Å². The molecule has 1 aromatic rings. The number of nitrogens with one attached hydrogen (secondary N) is 1. The van der Waals surface area contributed by atoms with Gasteiger partial charge in [-0.15, -0.1) is 11.3 Å². The molecular formula is C16H28N4O2S. The molecule has 1 aromatic heterocycles. The maximum absolute atomic E-state index is 12.5. The van der Waals surface area contributed by atoms with Gasteiger partial charge in [-0.3, -0.25) is 14.6 Å². The van der Waals surface area contributed by atoms with E-state index >= 15 is 0 Å². The third-order valence-electron chi connectivity index (χ3n) is 4.56. The maximum atomic E-state index is 12.5. The lowest BCUT2D eigenvalue weighted by molar-refractivity contribution is -0.121. The third kappa shape index (κ3) is 4.73. The minimum atomic E-state index is -0.147. The first-order valence-corrected chi connectivity index (χ1v) is 8.96. The van der Waals surface area contributed by atoms with Crippen LogP contribution >= 0.6 is 11.3 Å². The number of carbonyl (C=O) groups is 1. The molecule has 23 heavy (non-hydrogen) atoms. The maximum Gasteiger partial charge on any atom is 0.243 e. The van der Waals surface area contributed by atoms with Crippen LogP contribution in [0.15, 0.2) is 0 Å². The Morgan fingerprint density at radius 2 is 2.22 bits per heavy atom. The smallest absolute Gasteiger partial charge is 0.243 e. The van der Waals surface area contributed by atoms with Crippen LogP contribution in [0, 0.1) is 13.8 Å². The monoisotopic (exact) mass is 340 g/mol. The number of rotatable bonds is 6. The molecule has 0 spiro atoms. The van der Waals surface area contributed by atoms with Gasteiger partial charge in [-0.05, 0) is 27.7 Å². The molecule has 1 aliphatic rings. The minimum absolute atomic E-state index is 0.0243. The molecule has 0 bridgehead atoms. The van der Waals surface area contributed by atoms with Gasteiger partial charge in [0.05, 0.1) is 18.3 Å². The summed E-state index contributed by atoms with van der Waals surface area (Å²) >= 11 is 1.53. The molecule has 0 aromatic carbocycles. The number of ether oxygens (including phenoxy) is 1. The van der Waals surface area contributed by atoms with Gasteiger partial charge in [0.25, 0.3) is 0 Å². The van der Waals surface area contributed by atoms with E-state index in [0.29, 0.717) is 11.2 Å². The second-order valence-electron chi connectivity index (χ2n) is 6.20. The van der Waals surface area contributed by atoms with Gasteiger partial charge in [-0.2, -0.15) is 0 Å². The lowest BCUT2D eigenvalue weighted by Crippen LogP contribution is -2.57. The number of hydrogen-bond acceptors (Lipinski definition) is 6. The van der Waals surface area contributed by atoms with E-state index in [2.05, 4.69) is 27.0 Å². The van der Waals surface area contributed by atoms with Crippen LogP contribution in [0.1, 0.15) is 24.4 Å². The molecule has 1 saturated heterocycles. The van der Waals surface area contributed by atoms with E-state index < -0.39 is 0 Å². The molecule has 0 unspecified atom stereocenters. The summed E-state index contributed by atoms with van der Waals surface area (Å²) in [7, 11) is 1.73. The summed E-state index contributed by atoms with van der Waals surface area (Å²) in [5.74, 6) is 0.0243. The largest absolute Gasteiger partial charge is 0.383 e. The van der Waals surface area contributed by atoms with Crippen molar-refractivity contribution in [3.8, 4) is 0 Å². The van der Waals surface area contributed by atoms with Crippen molar-refractivity contribution in [3.05, 3.63) is 10.6 Å². The summed E-state index contributed by atoms with van der Waals surface area (Å²) in [6.07, 6.45) is 0. The molecule has 1 aliphatic heterocycles. The SMILES string of the molecule is COCCN1CCN([C@@H](C)C(=O)Nc2nc(C)c(C)s2)C[C@H]1C. The number of piperazine rings is 1. The lowest BCUT2D eigenvalue weighted by Gasteiger charge is -2.41. The van der Waals surface area contributed by atoms with Gasteiger partial charge in [0.2, 0.25) is 5.91 Å². The minimum Gasteiger partial charge on any atom is -0.383 e. The van der Waals surface area contributed by atoms with Gasteiger partial charge in [0.1, 0.15) is 0 Å². The Kier molecular flexibility index (Phi) is 6.52. The molecule has 1 N–H and O–H groups in total. The molecule has 2 heterocycles. The summed E-state index contributed by atoms with van der Waals surface area (Å²) in [5, 5.41) is 3.65. The van der Waals surface area contributed by atoms with Crippen LogP contribution in [0.2, 0.25) is 0 Å². The van der Waals surface area contributed by atoms with Gasteiger partial charge in [0.15, 0.2) is 5.13 Å². The van der Waals surface area contributed by atoms with Crippen LogP contribution < -0.4 is 5.32 Å². The van der Waals surface area contributed by atoms with Crippen LogP contribution in [0.5, 0.6) is 0 Å². The van der Waals surface area contributed by atoms with Gasteiger partial charge in [-0.1, -0.05) is 0 Å². The number of nitrogens with zero attached hydrogens (tertiary/aromatic N) is 3. The highest BCUT2D eigenvalue weighted by molar-refractivity contribution is 7.15. The molecule has 7 heteroatoms. The molecule has 2 atom stereocenters. The molecule has 0 aliphatic carbocycles. The Morgan fingerprint density at radius 1 is 1.48 bits per heavy atom. The highest BCUT2D eigenvalue weighted by Gasteiger charge is 2.29. The normalized spacial score (nSPS) is 21.3. The van der Waals surface area contributed by atoms with E-state index in [0.717, 1.165) is 43.4 Å². The average Bonchev–Trinajstić information content (AvgIpc) is 2.83. The average molecular weight is 340 g/mol. The Balaban J connectivity index is 1.87. The number of methoxy groups -OCH3 is 1. The Labute approximate surface area is 142 Å². The Morgan fingerprint density at radius 3 is 2.78 bits per heavy atom. The van der Waals surface area contributed by atoms with Crippen molar-refractivity contribution in [2.75, 3.05) is 45.2 Å². The summed E-state index contributed by atoms with van der Waals surface area (Å²) in [6, 6.07) is 0.282. The summed E-state index contributed by atoms with van der Waals surface area (Å²) < 4.78 is 5.16. The summed E-state index contributed by atoms with van der Waals surface area (Å²) in [5.41, 5.74) is 0.985. The topological polar surface area (TPSA) is 57.7 Å². The van der Waals surface area contributed by atoms with Crippen molar-refractivity contribution < 1.29 is 9.53 Å². The first kappa shape index (κ1) is 18.3. The van der Waals surface area contributed by atoms with Crippen LogP contribution in [-0.2, 0) is 9.53 Å². The number of anilines is 1. The number of carbonyl (C=O) groups excluding carboxylic acids is 1. The van der Waals surface area contributed by atoms with E-state index in [1.54, 1.807) is 7.11 Å². The molecule has 0 radical (unpaired) electrons. The van der Waals surface area contributed by atoms with Gasteiger partial charge < -0.3 is 10.1 Å². The van der Waals surface area contributed by atoms with Crippen molar-refractivity contribution in [1.29, 1.82) is 0 Å². The van der Waals surface area contributed by atoms with Crippen molar-refractivity contribution in [2.24, 2.45) is 0 Å². The molecule has 1 fully saturated rings. The highest BCUT2D eigenvalue weighted by atomic mass is 32.1. The predicted octanol–water partition coefficient (Wildman–Crippen LogP) is 1.74. The van der Waals surface area contributed by atoms with Gasteiger partial charge in [-0.25, -0.2) is 4.98 Å². The standard InChI is InChI=1S/C16H28N4O2S/c1-11-10-20(7-6-19(11)8-9-22-5)13(3)15(21)18-16-17-12(2)14(4)23-16/h11,13H,6-10H2,1-5H3,(H,17,18,21)/t11-,13+/m1/s1. The fourth-order valence-electron chi connectivity index (χ4n) is 2.82. The summed E-state index contributed by atoms with van der Waals surface area (Å²) in [6.45, 7) is 12.6. The second-order valence-corrected chi connectivity index (χ2v) is 7.40. The zero-order valence-corrected chi connectivity index (χ0v) is 15.6. The first-order valence-electron chi connectivity index (χ1n) is 8.14. The van der Waals surface area contributed by atoms with Crippen LogP contribution in [0.25, 0.3) is 0 Å². The molecule has 2 rings (SSSR count). The molecule has 130 valence electrons. The Bertz CT molecular complexity index is 515. The predicted molar refractivity (Wildman–Crippen MR) is 94.2 cm³/mol. The fourth-order valence-corrected chi connectivity index (χ4v) is 3.64. The number of thiazole rings is 1. The molecular weight excluding hydrogens is 312 g/mol. The van der Waals surface area contributed by atoms with E-state index in [9.17, 15) is 4.79 Å². The summed E-state index contributed by atoms with van der Waals surface area (Å²) in [4.78, 5) is 22.7. The highest BCUT2D eigenvalue weighted by Crippen LogP contribution is 2.22. The number of aryl methyl sites for hydroxylation is 2. The zero-order valence-electron chi connectivity index (χ0n) is 14.8. The Hall–Kier alpha value is -1.02. The fraction of sp³-hybridized carbons (Fsp3) is 0.750. The van der Waals surface area contributed by atoms with Gasteiger partial charge in [0, 0.05) is 44.2 Å². The quantitative estimate of drug-likeness (QED) is 0.855. The number of amides is 1. The first-order chi connectivity index (χ1) is 10.9. The van der Waals surface area contributed by atoms with Crippen molar-refractivity contribution >= 4 is 22.4 Å². The van der Waals surface area contributed by atoms with Gasteiger partial charge >= 0.3 is 0 Å². The van der Waals surface area contributed by atoms with E-state index in [1.807, 2.05) is 20.8 Å². The third-order valence-corrected chi connectivity index (χ3v) is 5.55. The molecule has 0 saturated carbocycles. The van der Waals surface area contributed by atoms with Crippen LogP contribution in [0.4, 0.5) is 5.13 Å². The second kappa shape index (κ2) is 8.19. The van der Waals surface area contributed by atoms with Crippen molar-refractivity contribution in [3.63, 3.8) is 0 Å². The van der Waals surface area contributed by atoms with Crippen molar-refractivity contribution in [2.45, 2.75) is 39.8 Å². The van der Waals surface area contributed by atoms with E-state index in [1.165, 1.54) is 11.3 Å². The van der Waals surface area contributed by atoms with Crippen molar-refractivity contribution in [1.82, 2.24) is 14.8 Å². The number of aromatic nitrogens is 1. The zero-order chi connectivity index (χ0) is 17.0. The van der Waals surface area contributed by atoms with Crippen LogP contribution in [-0.4, -0.2) is 72.7 Å². The molecule has 1 amide bonds. The van der Waals surface area contributed by atoms with Crippen LogP contribution in [0.3, 0.4) is 0 Å². The lowest BCUT2D eigenvalue weighted by atomic mass is 10.1.